The van der Waals surface area contributed by atoms with Crippen molar-refractivity contribution in [1.29, 1.82) is 0 Å². The van der Waals surface area contributed by atoms with E-state index in [2.05, 4.69) is 4.18 Å². The molecular weight excluding hydrogens is 261 g/mol. The molecule has 1 fully saturated rings. The molecule has 17 heavy (non-hydrogen) atoms. The molecule has 0 radical (unpaired) electrons. The lowest BCUT2D eigenvalue weighted by atomic mass is 9.99. The molecule has 0 bridgehead atoms. The summed E-state index contributed by atoms with van der Waals surface area (Å²) in [6.07, 6.45) is 2.39. The van der Waals surface area contributed by atoms with Crippen LogP contribution in [-0.4, -0.2) is 28.7 Å². The van der Waals surface area contributed by atoms with Gasteiger partial charge in [0.2, 0.25) is 0 Å². The molecule has 0 aromatic carbocycles. The van der Waals surface area contributed by atoms with E-state index >= 15 is 0 Å². The molecule has 1 aliphatic carbocycles. The number of hydrogen-bond acceptors (Lipinski definition) is 4. The Morgan fingerprint density at radius 3 is 2.47 bits per heavy atom. The Hall–Kier alpha value is -0.600. The van der Waals surface area contributed by atoms with Crippen LogP contribution in [0.25, 0.3) is 0 Å². The molecule has 1 unspecified atom stereocenters. The molecule has 2 aliphatic rings. The van der Waals surface area contributed by atoms with E-state index < -0.39 is 22.4 Å². The van der Waals surface area contributed by atoms with Gasteiger partial charge in [-0.2, -0.15) is 13.2 Å². The molecule has 1 spiro atoms. The largest absolute Gasteiger partial charge is 0.508 e. The zero-order valence-electron chi connectivity index (χ0n) is 8.79. The Kier molecular flexibility index (Phi) is 3.46. The van der Waals surface area contributed by atoms with Gasteiger partial charge in [0.05, 0.1) is 13.2 Å². The van der Waals surface area contributed by atoms with Crippen LogP contribution in [0.3, 0.4) is 0 Å². The van der Waals surface area contributed by atoms with Crippen molar-refractivity contribution in [3.63, 3.8) is 0 Å². The van der Waals surface area contributed by atoms with Gasteiger partial charge in [-0.05, 0) is 6.08 Å². The lowest BCUT2D eigenvalue weighted by Crippen LogP contribution is -2.32. The van der Waals surface area contributed by atoms with E-state index in [-0.39, 0.29) is 12.2 Å². The third-order valence-electron chi connectivity index (χ3n) is 2.58. The molecule has 0 aromatic heterocycles. The summed E-state index contributed by atoms with van der Waals surface area (Å²) in [4.78, 5) is 0. The number of rotatable bonds is 2. The minimum absolute atomic E-state index is 0.0744. The average Bonchev–Trinajstić information content (AvgIpc) is 2.69. The van der Waals surface area contributed by atoms with E-state index in [1.165, 1.54) is 6.08 Å². The fraction of sp³-hybridized carbons (Fsp3) is 0.778. The molecule has 98 valence electrons. The van der Waals surface area contributed by atoms with Crippen LogP contribution in [0.2, 0.25) is 0 Å². The highest BCUT2D eigenvalue weighted by Crippen LogP contribution is 2.36. The topological polar surface area (TPSA) is 44.8 Å². The van der Waals surface area contributed by atoms with Gasteiger partial charge in [0, 0.05) is 19.3 Å². The van der Waals surface area contributed by atoms with Crippen LogP contribution >= 0.6 is 0 Å². The molecular formula is C9H11F3O4S. The van der Waals surface area contributed by atoms with Crippen molar-refractivity contribution in [3.05, 3.63) is 11.8 Å². The van der Waals surface area contributed by atoms with Crippen LogP contribution in [0.1, 0.15) is 19.3 Å². The smallest absolute Gasteiger partial charge is 0.399 e. The predicted molar refractivity (Wildman–Crippen MR) is 51.9 cm³/mol. The molecule has 4 nitrogen and oxygen atoms in total. The van der Waals surface area contributed by atoms with Gasteiger partial charge in [0.25, 0.3) is 0 Å². The second kappa shape index (κ2) is 4.58. The van der Waals surface area contributed by atoms with Crippen LogP contribution in [0.15, 0.2) is 11.8 Å². The zero-order valence-corrected chi connectivity index (χ0v) is 9.60. The van der Waals surface area contributed by atoms with Crippen LogP contribution in [0.5, 0.6) is 0 Å². The fourth-order valence-corrected chi connectivity index (χ4v) is 2.21. The molecule has 1 aliphatic heterocycles. The van der Waals surface area contributed by atoms with Crippen molar-refractivity contribution < 1.29 is 31.0 Å². The van der Waals surface area contributed by atoms with Crippen molar-refractivity contribution in [2.75, 3.05) is 13.2 Å². The van der Waals surface area contributed by atoms with E-state index in [4.69, 9.17) is 9.47 Å². The van der Waals surface area contributed by atoms with Crippen molar-refractivity contribution in [2.24, 2.45) is 0 Å². The molecule has 0 amide bonds. The Bertz CT molecular complexity index is 347. The highest BCUT2D eigenvalue weighted by atomic mass is 32.2. The SMILES string of the molecule is O=S(OC1=CCC2(CC1)OCCO2)C(F)(F)F. The highest BCUT2D eigenvalue weighted by Gasteiger charge is 2.42. The van der Waals surface area contributed by atoms with E-state index in [0.717, 1.165) is 0 Å². The monoisotopic (exact) mass is 272 g/mol. The van der Waals surface area contributed by atoms with Crippen molar-refractivity contribution in [1.82, 2.24) is 0 Å². The average molecular weight is 272 g/mol. The molecule has 0 aromatic rings. The third kappa shape index (κ3) is 2.99. The maximum absolute atomic E-state index is 12.0. The van der Waals surface area contributed by atoms with Crippen LogP contribution in [0.4, 0.5) is 13.2 Å². The van der Waals surface area contributed by atoms with Crippen molar-refractivity contribution >= 4 is 11.1 Å². The Morgan fingerprint density at radius 2 is 2.00 bits per heavy atom. The summed E-state index contributed by atoms with van der Waals surface area (Å²) in [7, 11) is 0. The van der Waals surface area contributed by atoms with E-state index in [1.54, 1.807) is 0 Å². The molecule has 1 heterocycles. The zero-order chi connectivity index (χ0) is 12.5. The highest BCUT2D eigenvalue weighted by molar-refractivity contribution is 7.81. The standard InChI is InChI=1S/C9H11F3O4S/c10-9(11,12)17(13)16-7-1-3-8(4-2-7)14-5-6-15-8/h1H,2-6H2. The molecule has 8 heteroatoms. The summed E-state index contributed by atoms with van der Waals surface area (Å²) in [5.41, 5.74) is -4.85. The molecule has 1 saturated heterocycles. The Morgan fingerprint density at radius 1 is 1.35 bits per heavy atom. The first-order valence-corrected chi connectivity index (χ1v) is 6.13. The van der Waals surface area contributed by atoms with Gasteiger partial charge in [0.15, 0.2) is 5.79 Å². The number of halogens is 3. The Balaban J connectivity index is 1.93. The minimum atomic E-state index is -4.85. The van der Waals surface area contributed by atoms with Crippen LogP contribution < -0.4 is 0 Å². The second-order valence-corrected chi connectivity index (χ2v) is 4.84. The quantitative estimate of drug-likeness (QED) is 0.771. The summed E-state index contributed by atoms with van der Waals surface area (Å²) >= 11 is -3.30. The fourth-order valence-electron chi connectivity index (χ4n) is 1.77. The van der Waals surface area contributed by atoms with E-state index in [9.17, 15) is 17.4 Å². The predicted octanol–water partition coefficient (Wildman–Crippen LogP) is 2.00. The first-order chi connectivity index (χ1) is 7.91. The van der Waals surface area contributed by atoms with E-state index in [0.29, 0.717) is 26.1 Å². The summed E-state index contributed by atoms with van der Waals surface area (Å²) in [6, 6.07) is 0. The Labute approximate surface area is 98.4 Å². The molecule has 0 N–H and O–H groups in total. The third-order valence-corrected chi connectivity index (χ3v) is 3.32. The maximum Gasteiger partial charge on any atom is 0.508 e. The first-order valence-electron chi connectivity index (χ1n) is 5.05. The number of alkyl halides is 3. The summed E-state index contributed by atoms with van der Waals surface area (Å²) in [5.74, 6) is -0.641. The first kappa shape index (κ1) is 12.8. The van der Waals surface area contributed by atoms with Gasteiger partial charge in [-0.25, -0.2) is 4.21 Å². The minimum Gasteiger partial charge on any atom is -0.399 e. The van der Waals surface area contributed by atoms with Crippen molar-refractivity contribution in [3.8, 4) is 0 Å². The van der Waals surface area contributed by atoms with Gasteiger partial charge in [-0.15, -0.1) is 0 Å². The van der Waals surface area contributed by atoms with E-state index in [1.807, 2.05) is 0 Å². The lowest BCUT2D eigenvalue weighted by Gasteiger charge is -2.30. The lowest BCUT2D eigenvalue weighted by molar-refractivity contribution is -0.163. The summed E-state index contributed by atoms with van der Waals surface area (Å²) in [5, 5.41) is 0. The maximum atomic E-state index is 12.0. The number of ether oxygens (including phenoxy) is 2. The van der Waals surface area contributed by atoms with Gasteiger partial charge >= 0.3 is 16.6 Å². The van der Waals surface area contributed by atoms with Gasteiger partial charge in [0.1, 0.15) is 5.76 Å². The molecule has 1 atom stereocenters. The second-order valence-electron chi connectivity index (χ2n) is 3.75. The van der Waals surface area contributed by atoms with Gasteiger partial charge in [-0.1, -0.05) is 0 Å². The van der Waals surface area contributed by atoms with Crippen molar-refractivity contribution in [2.45, 2.75) is 30.6 Å². The summed E-state index contributed by atoms with van der Waals surface area (Å²) in [6.45, 7) is 0.969. The van der Waals surface area contributed by atoms with Gasteiger partial charge < -0.3 is 13.7 Å². The van der Waals surface area contributed by atoms with Gasteiger partial charge in [-0.3, -0.25) is 0 Å². The molecule has 0 saturated carbocycles. The van der Waals surface area contributed by atoms with Crippen LogP contribution in [0, 0.1) is 0 Å². The van der Waals surface area contributed by atoms with Crippen LogP contribution in [-0.2, 0) is 24.7 Å². The normalized spacial score (nSPS) is 25.7. The number of allylic oxidation sites excluding steroid dienone is 1. The molecule has 2 rings (SSSR count). The summed E-state index contributed by atoms with van der Waals surface area (Å²) < 4.78 is 61.8. The number of hydrogen-bond donors (Lipinski definition) is 0.